The summed E-state index contributed by atoms with van der Waals surface area (Å²) in [5, 5.41) is 0.763. The van der Waals surface area contributed by atoms with Gasteiger partial charge in [-0.05, 0) is 34.1 Å². The molecule has 2 N–H and O–H groups in total. The number of halogens is 3. The number of ether oxygens (including phenoxy) is 1. The highest BCUT2D eigenvalue weighted by atomic mass is 79.9. The van der Waals surface area contributed by atoms with Gasteiger partial charge < -0.3 is 10.5 Å². The Bertz CT molecular complexity index is 563. The van der Waals surface area contributed by atoms with Crippen LogP contribution in [0.25, 0.3) is 0 Å². The van der Waals surface area contributed by atoms with Gasteiger partial charge >= 0.3 is 0 Å². The Kier molecular flexibility index (Phi) is 3.76. The minimum absolute atomic E-state index is 0.378. The monoisotopic (exact) mass is 332 g/mol. The lowest BCUT2D eigenvalue weighted by Crippen LogP contribution is -1.94. The molecule has 88 valence electrons. The van der Waals surface area contributed by atoms with Gasteiger partial charge in [0.25, 0.3) is 0 Å². The predicted octanol–water partition coefficient (Wildman–Crippen LogP) is 4.53. The summed E-state index contributed by atoms with van der Waals surface area (Å²) in [6.45, 7) is 0. The fraction of sp³-hybridized carbons (Fsp3) is 0. The molecular weight excluding hydrogens is 327 g/mol. The Morgan fingerprint density at radius 2 is 1.94 bits per heavy atom. The van der Waals surface area contributed by atoms with Crippen LogP contribution >= 0.6 is 39.1 Å². The van der Waals surface area contributed by atoms with Crippen LogP contribution < -0.4 is 10.5 Å². The van der Waals surface area contributed by atoms with E-state index in [2.05, 4.69) is 20.9 Å². The molecule has 1 aromatic heterocycles. The largest absolute Gasteiger partial charge is 0.436 e. The minimum atomic E-state index is 0.378. The summed E-state index contributed by atoms with van der Waals surface area (Å²) >= 11 is 15.0. The maximum Gasteiger partial charge on any atom is 0.233 e. The average molecular weight is 334 g/mol. The highest BCUT2D eigenvalue weighted by Gasteiger charge is 2.09. The van der Waals surface area contributed by atoms with E-state index >= 15 is 0 Å². The van der Waals surface area contributed by atoms with Crippen LogP contribution in [0.4, 0.5) is 5.69 Å². The molecule has 0 aliphatic carbocycles. The van der Waals surface area contributed by atoms with E-state index in [1.807, 2.05) is 6.07 Å². The maximum absolute atomic E-state index is 5.89. The van der Waals surface area contributed by atoms with E-state index < -0.39 is 0 Å². The van der Waals surface area contributed by atoms with Gasteiger partial charge in [0.2, 0.25) is 5.88 Å². The van der Waals surface area contributed by atoms with E-state index in [9.17, 15) is 0 Å². The SMILES string of the molecule is Nc1cc(Cl)c(Cl)cc1Oc1ncccc1Br. The first-order valence-corrected chi connectivity index (χ1v) is 6.15. The van der Waals surface area contributed by atoms with Crippen molar-refractivity contribution in [1.82, 2.24) is 4.98 Å². The molecule has 3 nitrogen and oxygen atoms in total. The number of anilines is 1. The van der Waals surface area contributed by atoms with Gasteiger partial charge in [0.05, 0.1) is 20.2 Å². The Morgan fingerprint density at radius 3 is 2.65 bits per heavy atom. The first kappa shape index (κ1) is 12.5. The van der Waals surface area contributed by atoms with Crippen LogP contribution in [-0.4, -0.2) is 4.98 Å². The van der Waals surface area contributed by atoms with Gasteiger partial charge in [0, 0.05) is 12.3 Å². The summed E-state index contributed by atoms with van der Waals surface area (Å²) in [6, 6.07) is 6.70. The van der Waals surface area contributed by atoms with Crippen molar-refractivity contribution in [2.24, 2.45) is 0 Å². The number of hydrogen-bond acceptors (Lipinski definition) is 3. The quantitative estimate of drug-likeness (QED) is 0.821. The van der Waals surface area contributed by atoms with Crippen LogP contribution in [0.15, 0.2) is 34.9 Å². The number of pyridine rings is 1. The number of nitrogens with two attached hydrogens (primary N) is 1. The fourth-order valence-electron chi connectivity index (χ4n) is 1.18. The summed E-state index contributed by atoms with van der Waals surface area (Å²) in [5.41, 5.74) is 6.18. The van der Waals surface area contributed by atoms with Crippen molar-refractivity contribution in [3.05, 3.63) is 45.0 Å². The molecule has 1 aromatic carbocycles. The molecule has 2 rings (SSSR count). The number of hydrogen-bond donors (Lipinski definition) is 1. The summed E-state index contributed by atoms with van der Waals surface area (Å²) < 4.78 is 6.28. The van der Waals surface area contributed by atoms with Crippen molar-refractivity contribution in [2.75, 3.05) is 5.73 Å². The Labute approximate surface area is 117 Å². The third-order valence-electron chi connectivity index (χ3n) is 1.98. The molecule has 17 heavy (non-hydrogen) atoms. The number of nitrogens with zero attached hydrogens (tertiary/aromatic N) is 1. The van der Waals surface area contributed by atoms with Crippen LogP contribution in [0.2, 0.25) is 10.0 Å². The lowest BCUT2D eigenvalue weighted by atomic mass is 10.3. The van der Waals surface area contributed by atoms with Crippen molar-refractivity contribution in [3.8, 4) is 11.6 Å². The van der Waals surface area contributed by atoms with E-state index in [1.54, 1.807) is 18.3 Å². The zero-order valence-corrected chi connectivity index (χ0v) is 11.6. The lowest BCUT2D eigenvalue weighted by molar-refractivity contribution is 0.462. The minimum Gasteiger partial charge on any atom is -0.436 e. The number of benzene rings is 1. The van der Waals surface area contributed by atoms with Crippen molar-refractivity contribution in [1.29, 1.82) is 0 Å². The Hall–Kier alpha value is -0.970. The molecule has 0 aliphatic rings. The van der Waals surface area contributed by atoms with Crippen LogP contribution in [0.5, 0.6) is 11.6 Å². The van der Waals surface area contributed by atoms with Crippen molar-refractivity contribution >= 4 is 44.8 Å². The maximum atomic E-state index is 5.89. The van der Waals surface area contributed by atoms with Crippen molar-refractivity contribution in [2.45, 2.75) is 0 Å². The Balaban J connectivity index is 2.37. The molecule has 0 aliphatic heterocycles. The van der Waals surface area contributed by atoms with Gasteiger partial charge in [-0.3, -0.25) is 0 Å². The third kappa shape index (κ3) is 2.83. The summed E-state index contributed by atoms with van der Waals surface area (Å²) in [6.07, 6.45) is 1.62. The zero-order valence-electron chi connectivity index (χ0n) is 8.45. The normalized spacial score (nSPS) is 10.3. The van der Waals surface area contributed by atoms with Crippen LogP contribution in [-0.2, 0) is 0 Å². The fourth-order valence-corrected chi connectivity index (χ4v) is 1.84. The third-order valence-corrected chi connectivity index (χ3v) is 3.31. The van der Waals surface area contributed by atoms with Crippen LogP contribution in [0.1, 0.15) is 0 Å². The molecule has 0 amide bonds. The summed E-state index contributed by atoms with van der Waals surface area (Å²) in [7, 11) is 0. The van der Waals surface area contributed by atoms with Gasteiger partial charge in [-0.15, -0.1) is 0 Å². The highest BCUT2D eigenvalue weighted by molar-refractivity contribution is 9.10. The smallest absolute Gasteiger partial charge is 0.233 e. The second-order valence-corrected chi connectivity index (χ2v) is 4.87. The zero-order chi connectivity index (χ0) is 12.4. The molecule has 2 aromatic rings. The molecule has 0 radical (unpaired) electrons. The van der Waals surface area contributed by atoms with Crippen molar-refractivity contribution < 1.29 is 4.74 Å². The van der Waals surface area contributed by atoms with E-state index in [0.29, 0.717) is 27.4 Å². The number of rotatable bonds is 2. The van der Waals surface area contributed by atoms with Gasteiger partial charge in [0.15, 0.2) is 5.75 Å². The summed E-state index contributed by atoms with van der Waals surface area (Å²) in [4.78, 5) is 4.07. The van der Waals surface area contributed by atoms with Crippen LogP contribution in [0, 0.1) is 0 Å². The molecule has 0 bridgehead atoms. The van der Waals surface area contributed by atoms with Crippen molar-refractivity contribution in [3.63, 3.8) is 0 Å². The molecule has 0 saturated heterocycles. The van der Waals surface area contributed by atoms with E-state index in [-0.39, 0.29) is 0 Å². The highest BCUT2D eigenvalue weighted by Crippen LogP contribution is 2.36. The second kappa shape index (κ2) is 5.12. The number of nitrogen functional groups attached to an aromatic ring is 1. The predicted molar refractivity (Wildman–Crippen MR) is 72.9 cm³/mol. The molecule has 0 fully saturated rings. The lowest BCUT2D eigenvalue weighted by Gasteiger charge is -2.09. The van der Waals surface area contributed by atoms with Gasteiger partial charge in [-0.2, -0.15) is 0 Å². The average Bonchev–Trinajstić information content (AvgIpc) is 2.29. The van der Waals surface area contributed by atoms with E-state index in [0.717, 1.165) is 4.47 Å². The molecule has 0 unspecified atom stereocenters. The van der Waals surface area contributed by atoms with E-state index in [4.69, 9.17) is 33.7 Å². The van der Waals surface area contributed by atoms with Gasteiger partial charge in [-0.1, -0.05) is 23.2 Å². The second-order valence-electron chi connectivity index (χ2n) is 3.20. The first-order chi connectivity index (χ1) is 8.08. The molecule has 0 spiro atoms. The first-order valence-electron chi connectivity index (χ1n) is 4.61. The van der Waals surface area contributed by atoms with Gasteiger partial charge in [-0.25, -0.2) is 4.98 Å². The number of aromatic nitrogens is 1. The standard InChI is InChI=1S/C11H7BrCl2N2O/c12-6-2-1-3-16-11(6)17-10-5-8(14)7(13)4-9(10)15/h1-5H,15H2. The topological polar surface area (TPSA) is 48.1 Å². The molecule has 1 heterocycles. The molecular formula is C11H7BrCl2N2O. The van der Waals surface area contributed by atoms with E-state index in [1.165, 1.54) is 6.07 Å². The molecule has 6 heteroatoms. The van der Waals surface area contributed by atoms with Crippen LogP contribution in [0.3, 0.4) is 0 Å². The Morgan fingerprint density at radius 1 is 1.24 bits per heavy atom. The molecule has 0 atom stereocenters. The van der Waals surface area contributed by atoms with Gasteiger partial charge in [0.1, 0.15) is 0 Å². The summed E-state index contributed by atoms with van der Waals surface area (Å²) in [5.74, 6) is 0.830. The molecule has 0 saturated carbocycles.